The van der Waals surface area contributed by atoms with Crippen LogP contribution < -0.4 is 10.5 Å². The van der Waals surface area contributed by atoms with Crippen molar-refractivity contribution in [3.8, 4) is 5.75 Å². The molecule has 0 amide bonds. The predicted molar refractivity (Wildman–Crippen MR) is 73.0 cm³/mol. The fraction of sp³-hybridized carbons (Fsp3) is 0.538. The van der Waals surface area contributed by atoms with Crippen molar-refractivity contribution in [2.75, 3.05) is 6.61 Å². The summed E-state index contributed by atoms with van der Waals surface area (Å²) in [5.74, 6) is 2.02. The Morgan fingerprint density at radius 3 is 3.18 bits per heavy atom. The van der Waals surface area contributed by atoms with Crippen LogP contribution in [0.4, 0.5) is 0 Å². The number of benzene rings is 1. The first-order valence-corrected chi connectivity index (χ1v) is 7.43. The molecule has 0 fully saturated rings. The minimum Gasteiger partial charge on any atom is -0.493 e. The first-order valence-electron chi connectivity index (χ1n) is 6.01. The molecule has 0 spiro atoms. The van der Waals surface area contributed by atoms with Crippen molar-refractivity contribution < 1.29 is 4.74 Å². The Balaban J connectivity index is 2.16. The fourth-order valence-corrected chi connectivity index (χ4v) is 4.17. The lowest BCUT2D eigenvalue weighted by molar-refractivity contribution is 0.354. The molecule has 0 aliphatic carbocycles. The lowest BCUT2D eigenvalue weighted by Gasteiger charge is -2.17. The molecule has 2 N–H and O–H groups in total. The first kappa shape index (κ1) is 11.7. The Labute approximate surface area is 111 Å². The molecule has 3 rings (SSSR count). The summed E-state index contributed by atoms with van der Waals surface area (Å²) in [6.45, 7) is 3.00. The van der Waals surface area contributed by atoms with Crippen LogP contribution in [0.5, 0.6) is 5.75 Å². The highest BCUT2D eigenvalue weighted by molar-refractivity contribution is 7.99. The third-order valence-electron chi connectivity index (χ3n) is 3.54. The third-order valence-corrected chi connectivity index (χ3v) is 5.07. The molecule has 2 aliphatic rings. The molecule has 0 saturated heterocycles. The van der Waals surface area contributed by atoms with Crippen LogP contribution in [0.15, 0.2) is 6.07 Å². The number of nitrogens with two attached hydrogens (primary N) is 1. The molecule has 1 aromatic rings. The van der Waals surface area contributed by atoms with Crippen LogP contribution in [0.2, 0.25) is 5.02 Å². The number of thioether (sulfide) groups is 1. The molecular weight excluding hydrogens is 254 g/mol. The molecule has 0 aromatic heterocycles. The Morgan fingerprint density at radius 1 is 1.53 bits per heavy atom. The van der Waals surface area contributed by atoms with Gasteiger partial charge in [0.1, 0.15) is 5.75 Å². The van der Waals surface area contributed by atoms with Gasteiger partial charge in [0, 0.05) is 34.1 Å². The van der Waals surface area contributed by atoms with E-state index >= 15 is 0 Å². The minimum atomic E-state index is 0.0389. The fourth-order valence-electron chi connectivity index (χ4n) is 2.70. The second kappa shape index (κ2) is 4.38. The van der Waals surface area contributed by atoms with Gasteiger partial charge in [-0.25, -0.2) is 0 Å². The van der Waals surface area contributed by atoms with Gasteiger partial charge in [-0.1, -0.05) is 18.5 Å². The first-order chi connectivity index (χ1) is 8.16. The summed E-state index contributed by atoms with van der Waals surface area (Å²) >= 11 is 8.34. The van der Waals surface area contributed by atoms with E-state index in [-0.39, 0.29) is 6.04 Å². The molecule has 2 unspecified atom stereocenters. The lowest BCUT2D eigenvalue weighted by atomic mass is 9.95. The maximum atomic E-state index is 6.40. The molecule has 2 heterocycles. The summed E-state index contributed by atoms with van der Waals surface area (Å²) in [4.78, 5) is 0. The summed E-state index contributed by atoms with van der Waals surface area (Å²) in [5, 5.41) is 1.40. The van der Waals surface area contributed by atoms with Gasteiger partial charge in [0.05, 0.1) is 6.61 Å². The quantitative estimate of drug-likeness (QED) is 0.785. The average molecular weight is 270 g/mol. The monoisotopic (exact) mass is 269 g/mol. The second-order valence-electron chi connectivity index (χ2n) is 4.80. The third kappa shape index (κ3) is 1.94. The van der Waals surface area contributed by atoms with E-state index in [1.54, 1.807) is 0 Å². The van der Waals surface area contributed by atoms with Crippen molar-refractivity contribution in [2.45, 2.75) is 36.8 Å². The van der Waals surface area contributed by atoms with E-state index in [1.165, 1.54) is 11.1 Å². The highest BCUT2D eigenvalue weighted by Gasteiger charge is 2.28. The van der Waals surface area contributed by atoms with Crippen molar-refractivity contribution in [2.24, 2.45) is 5.73 Å². The highest BCUT2D eigenvalue weighted by atomic mass is 35.5. The van der Waals surface area contributed by atoms with Crippen molar-refractivity contribution in [3.63, 3.8) is 0 Å². The summed E-state index contributed by atoms with van der Waals surface area (Å²) in [5.41, 5.74) is 9.88. The molecule has 4 heteroatoms. The SMILES string of the molecule is CC1CC(N)c2c(Cl)cc3c(c2CS1)OCC3. The molecule has 92 valence electrons. The molecule has 1 aromatic carbocycles. The minimum absolute atomic E-state index is 0.0389. The maximum absolute atomic E-state index is 6.40. The van der Waals surface area contributed by atoms with Crippen LogP contribution in [0.3, 0.4) is 0 Å². The van der Waals surface area contributed by atoms with E-state index in [1.807, 2.05) is 17.8 Å². The largest absolute Gasteiger partial charge is 0.493 e. The van der Waals surface area contributed by atoms with Crippen LogP contribution in [0.25, 0.3) is 0 Å². The average Bonchev–Trinajstić information content (AvgIpc) is 2.66. The van der Waals surface area contributed by atoms with E-state index in [9.17, 15) is 0 Å². The number of hydrogen-bond acceptors (Lipinski definition) is 3. The van der Waals surface area contributed by atoms with E-state index in [2.05, 4.69) is 6.92 Å². The number of ether oxygens (including phenoxy) is 1. The molecule has 2 aliphatic heterocycles. The van der Waals surface area contributed by atoms with E-state index < -0.39 is 0 Å². The van der Waals surface area contributed by atoms with Crippen LogP contribution >= 0.6 is 23.4 Å². The summed E-state index contributed by atoms with van der Waals surface area (Å²) in [6, 6.07) is 2.08. The molecule has 0 radical (unpaired) electrons. The van der Waals surface area contributed by atoms with Gasteiger partial charge in [-0.2, -0.15) is 11.8 Å². The van der Waals surface area contributed by atoms with Gasteiger partial charge in [-0.15, -0.1) is 0 Å². The molecule has 0 bridgehead atoms. The van der Waals surface area contributed by atoms with Gasteiger partial charge >= 0.3 is 0 Å². The highest BCUT2D eigenvalue weighted by Crippen LogP contribution is 2.44. The van der Waals surface area contributed by atoms with E-state index in [4.69, 9.17) is 22.1 Å². The zero-order valence-corrected chi connectivity index (χ0v) is 11.4. The number of halogens is 1. The number of fused-ring (bicyclic) bond motifs is 3. The van der Waals surface area contributed by atoms with Crippen molar-refractivity contribution in [3.05, 3.63) is 27.8 Å². The second-order valence-corrected chi connectivity index (χ2v) is 6.64. The van der Waals surface area contributed by atoms with Gasteiger partial charge in [0.2, 0.25) is 0 Å². The summed E-state index contributed by atoms with van der Waals surface area (Å²) in [6.07, 6.45) is 1.95. The van der Waals surface area contributed by atoms with Crippen molar-refractivity contribution in [1.29, 1.82) is 0 Å². The summed E-state index contributed by atoms with van der Waals surface area (Å²) < 4.78 is 5.76. The molecular formula is C13H16ClNOS. The van der Waals surface area contributed by atoms with Crippen LogP contribution in [0, 0.1) is 0 Å². The van der Waals surface area contributed by atoms with Gasteiger partial charge < -0.3 is 10.5 Å². The van der Waals surface area contributed by atoms with E-state index in [0.29, 0.717) is 5.25 Å². The normalized spacial score (nSPS) is 27.0. The van der Waals surface area contributed by atoms with Gasteiger partial charge in [0.15, 0.2) is 0 Å². The van der Waals surface area contributed by atoms with Crippen LogP contribution in [-0.2, 0) is 12.2 Å². The Hall–Kier alpha value is -0.380. The molecule has 2 nitrogen and oxygen atoms in total. The standard InChI is InChI=1S/C13H16ClNOS/c1-7-4-11(15)12-9(6-17-7)13-8(2-3-16-13)5-10(12)14/h5,7,11H,2-4,6,15H2,1H3. The maximum Gasteiger partial charge on any atom is 0.127 e. The van der Waals surface area contributed by atoms with Crippen LogP contribution in [0.1, 0.15) is 36.1 Å². The summed E-state index contributed by atoms with van der Waals surface area (Å²) in [7, 11) is 0. The number of hydrogen-bond donors (Lipinski definition) is 1. The molecule has 0 saturated carbocycles. The number of rotatable bonds is 0. The predicted octanol–water partition coefficient (Wildman–Crippen LogP) is 3.30. The van der Waals surface area contributed by atoms with Crippen molar-refractivity contribution >= 4 is 23.4 Å². The van der Waals surface area contributed by atoms with E-state index in [0.717, 1.165) is 41.5 Å². The lowest BCUT2D eigenvalue weighted by Crippen LogP contribution is -2.15. The molecule has 2 atom stereocenters. The Kier molecular flexibility index (Phi) is 3.01. The zero-order valence-electron chi connectivity index (χ0n) is 9.83. The van der Waals surface area contributed by atoms with Gasteiger partial charge in [0.25, 0.3) is 0 Å². The Bertz CT molecular complexity index is 463. The molecule has 17 heavy (non-hydrogen) atoms. The smallest absolute Gasteiger partial charge is 0.127 e. The Morgan fingerprint density at radius 2 is 2.35 bits per heavy atom. The van der Waals surface area contributed by atoms with Crippen molar-refractivity contribution in [1.82, 2.24) is 0 Å². The topological polar surface area (TPSA) is 35.2 Å². The van der Waals surface area contributed by atoms with Gasteiger partial charge in [-0.3, -0.25) is 0 Å². The van der Waals surface area contributed by atoms with Gasteiger partial charge in [-0.05, 0) is 23.6 Å². The zero-order chi connectivity index (χ0) is 12.0. The van der Waals surface area contributed by atoms with Crippen LogP contribution in [-0.4, -0.2) is 11.9 Å².